The number of rotatable bonds is 1. The highest BCUT2D eigenvalue weighted by Crippen LogP contribution is 2.56. The quantitative estimate of drug-likeness (QED) is 0.431. The van der Waals surface area contributed by atoms with Crippen LogP contribution in [-0.2, 0) is 19.2 Å². The maximum absolute atomic E-state index is 13.1. The minimum Gasteiger partial charge on any atom is -0.507 e. The van der Waals surface area contributed by atoms with E-state index in [4.69, 9.17) is 0 Å². The highest BCUT2D eigenvalue weighted by Gasteiger charge is 2.55. The van der Waals surface area contributed by atoms with E-state index in [9.17, 15) is 24.3 Å². The van der Waals surface area contributed by atoms with Gasteiger partial charge in [0.05, 0.1) is 11.8 Å². The van der Waals surface area contributed by atoms with Gasteiger partial charge in [0.15, 0.2) is 11.6 Å². The average molecular weight is 417 g/mol. The van der Waals surface area contributed by atoms with Gasteiger partial charge in [-0.25, -0.2) is 0 Å². The molecule has 4 atom stereocenters. The largest absolute Gasteiger partial charge is 0.507 e. The molecule has 158 valence electrons. The number of hydrogen-bond acceptors (Lipinski definition) is 5. The molecule has 0 spiro atoms. The van der Waals surface area contributed by atoms with Gasteiger partial charge in [0.25, 0.3) is 0 Å². The summed E-state index contributed by atoms with van der Waals surface area (Å²) in [6.45, 7) is 3.40. The van der Waals surface area contributed by atoms with Crippen LogP contribution in [0, 0.1) is 24.7 Å². The Kier molecular flexibility index (Phi) is 4.19. The van der Waals surface area contributed by atoms with Crippen molar-refractivity contribution < 1.29 is 24.3 Å². The first kappa shape index (κ1) is 19.7. The number of imide groups is 1. The molecule has 3 aliphatic carbocycles. The van der Waals surface area contributed by atoms with Crippen LogP contribution in [0.1, 0.15) is 36.8 Å². The van der Waals surface area contributed by atoms with E-state index in [1.165, 1.54) is 18.0 Å². The number of fused-ring (bicyclic) bond motifs is 3. The van der Waals surface area contributed by atoms with Gasteiger partial charge in [0.1, 0.15) is 5.75 Å². The molecule has 31 heavy (non-hydrogen) atoms. The second-order valence-corrected chi connectivity index (χ2v) is 8.98. The molecule has 0 bridgehead atoms. The molecule has 2 amide bonds. The van der Waals surface area contributed by atoms with Gasteiger partial charge in [-0.3, -0.25) is 24.1 Å². The van der Waals surface area contributed by atoms with Crippen molar-refractivity contribution in [2.75, 3.05) is 7.05 Å². The van der Waals surface area contributed by atoms with Crippen LogP contribution in [0.4, 0.5) is 0 Å². The molecule has 0 saturated carbocycles. The van der Waals surface area contributed by atoms with Crippen molar-refractivity contribution in [1.82, 2.24) is 4.90 Å². The maximum Gasteiger partial charge on any atom is 0.233 e. The van der Waals surface area contributed by atoms with Gasteiger partial charge in [0, 0.05) is 35.2 Å². The van der Waals surface area contributed by atoms with Gasteiger partial charge < -0.3 is 5.11 Å². The maximum atomic E-state index is 13.1. The van der Waals surface area contributed by atoms with Crippen molar-refractivity contribution >= 4 is 23.4 Å². The van der Waals surface area contributed by atoms with Crippen molar-refractivity contribution in [1.29, 1.82) is 0 Å². The Balaban J connectivity index is 1.75. The Morgan fingerprint density at radius 3 is 2.52 bits per heavy atom. The number of Topliss-reactive ketones (excluding diaryl/α,β-unsaturated/α-hetero) is 1. The summed E-state index contributed by atoms with van der Waals surface area (Å²) in [4.78, 5) is 53.0. The number of aromatic hydroxyl groups is 1. The third-order valence-corrected chi connectivity index (χ3v) is 7.36. The summed E-state index contributed by atoms with van der Waals surface area (Å²) in [7, 11) is 1.50. The molecule has 0 radical (unpaired) electrons. The molecule has 1 fully saturated rings. The minimum absolute atomic E-state index is 0.0838. The molecule has 1 N–H and O–H groups in total. The zero-order valence-electron chi connectivity index (χ0n) is 17.6. The van der Waals surface area contributed by atoms with Crippen LogP contribution < -0.4 is 0 Å². The zero-order valence-corrected chi connectivity index (χ0v) is 17.6. The van der Waals surface area contributed by atoms with Gasteiger partial charge in [-0.2, -0.15) is 0 Å². The molecule has 6 heteroatoms. The average Bonchev–Trinajstić information content (AvgIpc) is 2.97. The summed E-state index contributed by atoms with van der Waals surface area (Å²) in [5, 5.41) is 10.9. The molecule has 1 aliphatic heterocycles. The number of aryl methyl sites for hydroxylation is 1. The SMILES string of the molecule is CC1=CC(=O)C2=C(CC3C(=CCC4C(=O)N(C)C(=O)C43)C2c2cccc(C)c2O)C1=O. The van der Waals surface area contributed by atoms with Crippen molar-refractivity contribution in [3.8, 4) is 5.75 Å². The van der Waals surface area contributed by atoms with E-state index in [0.717, 1.165) is 5.57 Å². The Bertz CT molecular complexity index is 1180. The number of allylic oxidation sites excluding steroid dienone is 6. The third-order valence-electron chi connectivity index (χ3n) is 7.36. The second-order valence-electron chi connectivity index (χ2n) is 8.98. The number of ketones is 2. The molecule has 1 saturated heterocycles. The summed E-state index contributed by atoms with van der Waals surface area (Å²) >= 11 is 0. The summed E-state index contributed by atoms with van der Waals surface area (Å²) in [6.07, 6.45) is 3.99. The standard InChI is InChI=1S/C25H23NO5/c1-11-5-4-6-14(22(11)28)19-13-7-8-15-20(25(31)26(3)24(15)30)16(13)10-17-21(19)18(27)9-12(2)23(17)29/h4-7,9,15-16,19-20,28H,8,10H2,1-3H3. The minimum atomic E-state index is -0.607. The molecule has 1 aromatic carbocycles. The predicted molar refractivity (Wildman–Crippen MR) is 112 cm³/mol. The van der Waals surface area contributed by atoms with Gasteiger partial charge >= 0.3 is 0 Å². The number of benzene rings is 1. The fourth-order valence-electron chi connectivity index (χ4n) is 5.81. The van der Waals surface area contributed by atoms with E-state index >= 15 is 0 Å². The first-order chi connectivity index (χ1) is 14.7. The Labute approximate surface area is 179 Å². The molecular weight excluding hydrogens is 394 g/mol. The Morgan fingerprint density at radius 1 is 1.03 bits per heavy atom. The van der Waals surface area contributed by atoms with Gasteiger partial charge in [-0.15, -0.1) is 0 Å². The molecule has 4 unspecified atom stereocenters. The van der Waals surface area contributed by atoms with E-state index in [1.807, 2.05) is 12.1 Å². The summed E-state index contributed by atoms with van der Waals surface area (Å²) < 4.78 is 0. The first-order valence-corrected chi connectivity index (χ1v) is 10.5. The van der Waals surface area contributed by atoms with Crippen molar-refractivity contribution in [3.05, 3.63) is 63.8 Å². The molecule has 1 heterocycles. The van der Waals surface area contributed by atoms with Gasteiger partial charge in [-0.1, -0.05) is 29.8 Å². The van der Waals surface area contributed by atoms with Gasteiger partial charge in [0.2, 0.25) is 11.8 Å². The van der Waals surface area contributed by atoms with E-state index in [1.54, 1.807) is 26.0 Å². The van der Waals surface area contributed by atoms with Gasteiger partial charge in [-0.05, 0) is 44.2 Å². The Hall–Kier alpha value is -3.28. The predicted octanol–water partition coefficient (Wildman–Crippen LogP) is 2.76. The molecule has 1 aromatic rings. The molecule has 5 rings (SSSR count). The zero-order chi connectivity index (χ0) is 22.2. The second kappa shape index (κ2) is 6.61. The van der Waals surface area contributed by atoms with Crippen LogP contribution in [0.5, 0.6) is 5.75 Å². The number of carbonyl (C=O) groups is 4. The number of amides is 2. The number of phenolic OH excluding ortho intramolecular Hbond substituents is 1. The van der Waals surface area contributed by atoms with Crippen molar-refractivity contribution in [2.24, 2.45) is 17.8 Å². The third kappa shape index (κ3) is 2.57. The molecule has 0 aromatic heterocycles. The smallest absolute Gasteiger partial charge is 0.233 e. The topological polar surface area (TPSA) is 91.8 Å². The van der Waals surface area contributed by atoms with Crippen LogP contribution in [0.2, 0.25) is 0 Å². The van der Waals surface area contributed by atoms with Crippen LogP contribution in [0.15, 0.2) is 52.6 Å². The van der Waals surface area contributed by atoms with E-state index in [0.29, 0.717) is 34.3 Å². The molecule has 4 aliphatic rings. The highest BCUT2D eigenvalue weighted by molar-refractivity contribution is 6.23. The lowest BCUT2D eigenvalue weighted by molar-refractivity contribution is -0.138. The van der Waals surface area contributed by atoms with Crippen LogP contribution in [0.3, 0.4) is 0 Å². The van der Waals surface area contributed by atoms with Crippen LogP contribution in [0.25, 0.3) is 0 Å². The number of likely N-dealkylation sites (tertiary alicyclic amines) is 1. The van der Waals surface area contributed by atoms with Crippen LogP contribution >= 0.6 is 0 Å². The van der Waals surface area contributed by atoms with Crippen molar-refractivity contribution in [2.45, 2.75) is 32.6 Å². The van der Waals surface area contributed by atoms with Crippen LogP contribution in [-0.4, -0.2) is 40.4 Å². The van der Waals surface area contributed by atoms with E-state index < -0.39 is 17.8 Å². The number of para-hydroxylation sites is 1. The first-order valence-electron chi connectivity index (χ1n) is 10.5. The summed E-state index contributed by atoms with van der Waals surface area (Å²) in [5.41, 5.74) is 3.26. The molecule has 6 nitrogen and oxygen atoms in total. The summed E-state index contributed by atoms with van der Waals surface area (Å²) in [6, 6.07) is 5.37. The highest BCUT2D eigenvalue weighted by atomic mass is 16.3. The normalized spacial score (nSPS) is 30.1. The molecular formula is C25H23NO5. The number of carbonyl (C=O) groups excluding carboxylic acids is 4. The number of phenols is 1. The number of hydrogen-bond donors (Lipinski definition) is 1. The van der Waals surface area contributed by atoms with E-state index in [2.05, 4.69) is 0 Å². The van der Waals surface area contributed by atoms with Crippen molar-refractivity contribution in [3.63, 3.8) is 0 Å². The Morgan fingerprint density at radius 2 is 1.77 bits per heavy atom. The number of nitrogens with zero attached hydrogens (tertiary/aromatic N) is 1. The summed E-state index contributed by atoms with van der Waals surface area (Å²) in [5.74, 6) is -2.72. The monoisotopic (exact) mass is 417 g/mol. The lowest BCUT2D eigenvalue weighted by Gasteiger charge is -2.42. The lowest BCUT2D eigenvalue weighted by Crippen LogP contribution is -2.39. The van der Waals surface area contributed by atoms with E-state index in [-0.39, 0.29) is 41.5 Å². The fourth-order valence-corrected chi connectivity index (χ4v) is 5.81. The fraction of sp³-hybridized carbons (Fsp3) is 0.360. The lowest BCUT2D eigenvalue weighted by atomic mass is 9.59.